The molecule has 3 nitrogen and oxygen atoms in total. The van der Waals surface area contributed by atoms with E-state index in [0.29, 0.717) is 17.8 Å². The molecule has 1 aromatic heterocycles. The van der Waals surface area contributed by atoms with E-state index in [0.717, 1.165) is 3.79 Å². The molecule has 0 saturated carbocycles. The van der Waals surface area contributed by atoms with Gasteiger partial charge in [-0.05, 0) is 34.5 Å². The molecule has 1 rings (SSSR count). The predicted octanol–water partition coefficient (Wildman–Crippen LogP) is 1.62. The minimum atomic E-state index is -0.0795. The Balaban J connectivity index is 2.40. The molecule has 0 fully saturated rings. The van der Waals surface area contributed by atoms with Crippen LogP contribution in [0.2, 0.25) is 0 Å². The predicted molar refractivity (Wildman–Crippen MR) is 56.1 cm³/mol. The van der Waals surface area contributed by atoms with E-state index in [1.807, 2.05) is 6.07 Å². The maximum atomic E-state index is 11.3. The number of hydrogen-bond acceptors (Lipinski definition) is 3. The van der Waals surface area contributed by atoms with E-state index in [2.05, 4.69) is 21.2 Å². The number of halogens is 1. The molecular formula is C8H10BrNO2S. The average molecular weight is 264 g/mol. The van der Waals surface area contributed by atoms with Gasteiger partial charge in [0.25, 0.3) is 5.91 Å². The summed E-state index contributed by atoms with van der Waals surface area (Å²) in [6.45, 7) is 0.624. The smallest absolute Gasteiger partial charge is 0.261 e. The minimum absolute atomic E-state index is 0.0795. The molecule has 1 amide bonds. The van der Waals surface area contributed by atoms with Crippen LogP contribution >= 0.6 is 27.3 Å². The topological polar surface area (TPSA) is 49.3 Å². The molecule has 0 unspecified atom stereocenters. The van der Waals surface area contributed by atoms with Crippen LogP contribution in [0.15, 0.2) is 15.9 Å². The van der Waals surface area contributed by atoms with Gasteiger partial charge in [0.1, 0.15) is 0 Å². The normalized spacial score (nSPS) is 10.0. The van der Waals surface area contributed by atoms with Crippen molar-refractivity contribution in [3.8, 4) is 0 Å². The highest BCUT2D eigenvalue weighted by Gasteiger charge is 2.06. The zero-order valence-corrected chi connectivity index (χ0v) is 9.32. The van der Waals surface area contributed by atoms with Crippen LogP contribution in [-0.4, -0.2) is 24.2 Å². The summed E-state index contributed by atoms with van der Waals surface area (Å²) in [6.07, 6.45) is 0.596. The quantitative estimate of drug-likeness (QED) is 0.812. The maximum Gasteiger partial charge on any atom is 0.261 e. The Morgan fingerprint density at radius 3 is 2.92 bits per heavy atom. The van der Waals surface area contributed by atoms with Crippen molar-refractivity contribution in [1.29, 1.82) is 0 Å². The van der Waals surface area contributed by atoms with Gasteiger partial charge >= 0.3 is 0 Å². The lowest BCUT2D eigenvalue weighted by Gasteiger charge is -2.00. The summed E-state index contributed by atoms with van der Waals surface area (Å²) >= 11 is 4.68. The van der Waals surface area contributed by atoms with Crippen LogP contribution in [0.1, 0.15) is 16.1 Å². The van der Waals surface area contributed by atoms with E-state index in [9.17, 15) is 4.79 Å². The second-order valence-corrected chi connectivity index (χ2v) is 4.90. The number of rotatable bonds is 4. The van der Waals surface area contributed by atoms with Crippen molar-refractivity contribution < 1.29 is 9.90 Å². The van der Waals surface area contributed by atoms with Gasteiger partial charge in [0, 0.05) is 13.2 Å². The molecule has 0 aliphatic heterocycles. The fourth-order valence-corrected chi connectivity index (χ4v) is 2.11. The van der Waals surface area contributed by atoms with Crippen LogP contribution in [0, 0.1) is 0 Å². The molecule has 0 aromatic carbocycles. The van der Waals surface area contributed by atoms with Crippen molar-refractivity contribution in [1.82, 2.24) is 5.32 Å². The zero-order valence-electron chi connectivity index (χ0n) is 6.92. The van der Waals surface area contributed by atoms with Crippen LogP contribution in [0.25, 0.3) is 0 Å². The molecule has 72 valence electrons. The number of nitrogens with one attached hydrogen (secondary N) is 1. The average Bonchev–Trinajstić information content (AvgIpc) is 2.52. The highest BCUT2D eigenvalue weighted by Crippen LogP contribution is 2.21. The van der Waals surface area contributed by atoms with Crippen molar-refractivity contribution >= 4 is 33.2 Å². The van der Waals surface area contributed by atoms with Gasteiger partial charge in [-0.3, -0.25) is 4.79 Å². The van der Waals surface area contributed by atoms with Crippen LogP contribution < -0.4 is 5.32 Å². The van der Waals surface area contributed by atoms with Gasteiger partial charge in [0.05, 0.1) is 8.66 Å². The fraction of sp³-hybridized carbons (Fsp3) is 0.375. The lowest BCUT2D eigenvalue weighted by Crippen LogP contribution is -2.24. The number of thiophene rings is 1. The third kappa shape index (κ3) is 3.46. The molecule has 2 N–H and O–H groups in total. The Morgan fingerprint density at radius 1 is 1.62 bits per heavy atom. The monoisotopic (exact) mass is 263 g/mol. The van der Waals surface area contributed by atoms with Crippen molar-refractivity contribution in [2.75, 3.05) is 13.2 Å². The Bertz CT molecular complexity index is 287. The molecule has 0 aliphatic carbocycles. The summed E-state index contributed by atoms with van der Waals surface area (Å²) in [7, 11) is 0. The molecular weight excluding hydrogens is 254 g/mol. The first-order chi connectivity index (χ1) is 6.24. The Kier molecular flexibility index (Phi) is 4.41. The Hall–Kier alpha value is -0.390. The number of hydrogen-bond donors (Lipinski definition) is 2. The first-order valence-electron chi connectivity index (χ1n) is 3.88. The van der Waals surface area contributed by atoms with Crippen LogP contribution in [-0.2, 0) is 0 Å². The summed E-state index contributed by atoms with van der Waals surface area (Å²) in [6, 6.07) is 3.61. The van der Waals surface area contributed by atoms with Crippen molar-refractivity contribution in [3.05, 3.63) is 20.8 Å². The maximum absolute atomic E-state index is 11.3. The van der Waals surface area contributed by atoms with E-state index in [1.54, 1.807) is 6.07 Å². The molecule has 0 aliphatic rings. The summed E-state index contributed by atoms with van der Waals surface area (Å²) < 4.78 is 0.944. The molecule has 1 heterocycles. The molecule has 0 radical (unpaired) electrons. The number of aliphatic hydroxyl groups excluding tert-OH is 1. The van der Waals surface area contributed by atoms with E-state index >= 15 is 0 Å². The van der Waals surface area contributed by atoms with Crippen molar-refractivity contribution in [2.45, 2.75) is 6.42 Å². The van der Waals surface area contributed by atoms with Gasteiger partial charge in [-0.1, -0.05) is 0 Å². The van der Waals surface area contributed by atoms with Gasteiger partial charge in [-0.2, -0.15) is 0 Å². The molecule has 0 saturated heterocycles. The zero-order chi connectivity index (χ0) is 9.68. The lowest BCUT2D eigenvalue weighted by molar-refractivity contribution is 0.0955. The van der Waals surface area contributed by atoms with Gasteiger partial charge in [-0.25, -0.2) is 0 Å². The molecule has 5 heteroatoms. The lowest BCUT2D eigenvalue weighted by atomic mass is 10.4. The molecule has 0 spiro atoms. The van der Waals surface area contributed by atoms with Gasteiger partial charge < -0.3 is 10.4 Å². The van der Waals surface area contributed by atoms with E-state index in [-0.39, 0.29) is 12.5 Å². The van der Waals surface area contributed by atoms with Gasteiger partial charge in [0.15, 0.2) is 0 Å². The highest BCUT2D eigenvalue weighted by molar-refractivity contribution is 9.11. The molecule has 13 heavy (non-hydrogen) atoms. The van der Waals surface area contributed by atoms with Crippen molar-refractivity contribution in [3.63, 3.8) is 0 Å². The Labute approximate surface area is 88.9 Å². The highest BCUT2D eigenvalue weighted by atomic mass is 79.9. The number of aliphatic hydroxyl groups is 1. The third-order valence-electron chi connectivity index (χ3n) is 1.42. The summed E-state index contributed by atoms with van der Waals surface area (Å²) in [5, 5.41) is 11.2. The summed E-state index contributed by atoms with van der Waals surface area (Å²) in [5.41, 5.74) is 0. The standard InChI is InChI=1S/C8H10BrNO2S/c9-7-3-2-6(13-7)8(12)10-4-1-5-11/h2-3,11H,1,4-5H2,(H,10,12). The molecule has 1 aromatic rings. The first kappa shape index (κ1) is 10.7. The van der Waals surface area contributed by atoms with Gasteiger partial charge in [0.2, 0.25) is 0 Å². The van der Waals surface area contributed by atoms with Crippen LogP contribution in [0.5, 0.6) is 0 Å². The summed E-state index contributed by atoms with van der Waals surface area (Å²) in [5.74, 6) is -0.0795. The Morgan fingerprint density at radius 2 is 2.38 bits per heavy atom. The van der Waals surface area contributed by atoms with Crippen LogP contribution in [0.4, 0.5) is 0 Å². The minimum Gasteiger partial charge on any atom is -0.396 e. The van der Waals surface area contributed by atoms with Crippen molar-refractivity contribution in [2.24, 2.45) is 0 Å². The second kappa shape index (κ2) is 5.36. The number of amides is 1. The second-order valence-electron chi connectivity index (χ2n) is 2.44. The summed E-state index contributed by atoms with van der Waals surface area (Å²) in [4.78, 5) is 12.0. The van der Waals surface area contributed by atoms with Gasteiger partial charge in [-0.15, -0.1) is 11.3 Å². The SMILES string of the molecule is O=C(NCCCO)c1ccc(Br)s1. The number of carbonyl (C=O) groups is 1. The fourth-order valence-electron chi connectivity index (χ4n) is 0.804. The molecule has 0 atom stereocenters. The van der Waals surface area contributed by atoms with E-state index in [4.69, 9.17) is 5.11 Å². The molecule has 0 bridgehead atoms. The number of carbonyl (C=O) groups excluding carboxylic acids is 1. The third-order valence-corrected chi connectivity index (χ3v) is 3.04. The van der Waals surface area contributed by atoms with E-state index < -0.39 is 0 Å². The van der Waals surface area contributed by atoms with E-state index in [1.165, 1.54) is 11.3 Å². The van der Waals surface area contributed by atoms with Crippen LogP contribution in [0.3, 0.4) is 0 Å². The largest absolute Gasteiger partial charge is 0.396 e. The first-order valence-corrected chi connectivity index (χ1v) is 5.49.